The Balaban J connectivity index is 0.00000235. The molecular formula is C26H25Cl2F3N4O2. The Kier molecular flexibility index (Phi) is 10.2. The summed E-state index contributed by atoms with van der Waals surface area (Å²) < 4.78 is 51.3. The zero-order chi connectivity index (χ0) is 27.9. The van der Waals surface area contributed by atoms with Gasteiger partial charge in [0, 0.05) is 25.3 Å². The fourth-order valence-corrected chi connectivity index (χ4v) is 3.56. The van der Waals surface area contributed by atoms with E-state index in [9.17, 15) is 13.2 Å². The van der Waals surface area contributed by atoms with Crippen molar-refractivity contribution >= 4 is 28.8 Å². The van der Waals surface area contributed by atoms with Crippen molar-refractivity contribution in [1.82, 2.24) is 15.1 Å². The lowest BCUT2D eigenvalue weighted by atomic mass is 10.0. The molecule has 3 aromatic rings. The van der Waals surface area contributed by atoms with Gasteiger partial charge in [-0.25, -0.2) is 0 Å². The molecule has 0 amide bonds. The number of halogens is 5. The Labute approximate surface area is 223 Å². The van der Waals surface area contributed by atoms with Crippen molar-refractivity contribution < 1.29 is 22.3 Å². The molecule has 0 aliphatic rings. The molecule has 0 aliphatic heterocycles. The summed E-state index contributed by atoms with van der Waals surface area (Å²) in [5.74, 6) is 0.432. The number of ether oxygens (including phenoxy) is 1. The van der Waals surface area contributed by atoms with Crippen LogP contribution < -0.4 is 4.74 Å². The van der Waals surface area contributed by atoms with Crippen molar-refractivity contribution in [3.05, 3.63) is 87.2 Å². The van der Waals surface area contributed by atoms with Crippen LogP contribution in [0.5, 0.6) is 11.5 Å². The molecule has 1 aromatic heterocycles. The second-order valence-corrected chi connectivity index (χ2v) is 8.55. The lowest BCUT2D eigenvalue weighted by Gasteiger charge is -2.14. The molecule has 0 fully saturated rings. The molecule has 1 heterocycles. The summed E-state index contributed by atoms with van der Waals surface area (Å²) in [7, 11) is 3.14. The van der Waals surface area contributed by atoms with Gasteiger partial charge in [0.05, 0.1) is 34.2 Å². The number of nitriles is 1. The van der Waals surface area contributed by atoms with Crippen molar-refractivity contribution in [2.75, 3.05) is 14.1 Å². The van der Waals surface area contributed by atoms with E-state index in [4.69, 9.17) is 37.6 Å². The third-order valence-electron chi connectivity index (χ3n) is 4.78. The van der Waals surface area contributed by atoms with E-state index in [1.54, 1.807) is 39.2 Å². The van der Waals surface area contributed by atoms with Gasteiger partial charge in [0.2, 0.25) is 11.8 Å². The van der Waals surface area contributed by atoms with Crippen molar-refractivity contribution in [3.8, 4) is 17.6 Å². The highest BCUT2D eigenvalue weighted by atomic mass is 35.5. The van der Waals surface area contributed by atoms with Crippen LogP contribution in [0.25, 0.3) is 5.57 Å². The predicted octanol–water partition coefficient (Wildman–Crippen LogP) is 7.99. The molecule has 0 N–H and O–H groups in total. The average molecular weight is 553 g/mol. The number of benzene rings is 2. The topological polar surface area (TPSA) is 75.2 Å². The molecule has 11 heteroatoms. The SMILES string of the molecule is C=C(/C(=C\N(C)C)c1nnc(Cc2ccc(Cl)c(Oc3cc(Cl)cc(C#N)c3)c2C)o1)C(F)(F)F.CC. The molecule has 6 nitrogen and oxygen atoms in total. The zero-order valence-electron chi connectivity index (χ0n) is 20.9. The van der Waals surface area contributed by atoms with Gasteiger partial charge in [-0.2, -0.15) is 18.4 Å². The van der Waals surface area contributed by atoms with Crippen molar-refractivity contribution in [2.45, 2.75) is 33.4 Å². The minimum absolute atomic E-state index is 0.0884. The van der Waals surface area contributed by atoms with Crippen LogP contribution in [0.4, 0.5) is 13.2 Å². The molecule has 3 rings (SSSR count). The van der Waals surface area contributed by atoms with Gasteiger partial charge in [0.1, 0.15) is 11.5 Å². The molecule has 0 spiro atoms. The lowest BCUT2D eigenvalue weighted by Crippen LogP contribution is -2.14. The highest BCUT2D eigenvalue weighted by Crippen LogP contribution is 2.37. The van der Waals surface area contributed by atoms with E-state index < -0.39 is 11.7 Å². The maximum atomic E-state index is 13.3. The quantitative estimate of drug-likeness (QED) is 0.276. The molecule has 0 aliphatic carbocycles. The van der Waals surface area contributed by atoms with Gasteiger partial charge in [0.15, 0.2) is 0 Å². The van der Waals surface area contributed by atoms with Crippen molar-refractivity contribution in [2.24, 2.45) is 0 Å². The van der Waals surface area contributed by atoms with Crippen LogP contribution in [0.1, 0.15) is 42.3 Å². The molecule has 0 unspecified atom stereocenters. The van der Waals surface area contributed by atoms with Gasteiger partial charge in [0.25, 0.3) is 0 Å². The molecule has 0 bridgehead atoms. The van der Waals surface area contributed by atoms with Gasteiger partial charge in [-0.3, -0.25) is 0 Å². The number of allylic oxidation sites excluding steroid dienone is 2. The van der Waals surface area contributed by atoms with Crippen LogP contribution in [-0.2, 0) is 6.42 Å². The number of hydrogen-bond donors (Lipinski definition) is 0. The van der Waals surface area contributed by atoms with Crippen molar-refractivity contribution in [1.29, 1.82) is 5.26 Å². The Morgan fingerprint density at radius 3 is 2.46 bits per heavy atom. The van der Waals surface area contributed by atoms with Crippen LogP contribution in [-0.4, -0.2) is 35.4 Å². The Morgan fingerprint density at radius 2 is 1.86 bits per heavy atom. The summed E-state index contributed by atoms with van der Waals surface area (Å²) in [5, 5.41) is 17.5. The number of rotatable bonds is 7. The molecule has 2 aromatic carbocycles. The van der Waals surface area contributed by atoms with E-state index in [0.717, 1.165) is 0 Å². The molecule has 0 saturated heterocycles. The van der Waals surface area contributed by atoms with Crippen LogP contribution in [0.2, 0.25) is 10.0 Å². The summed E-state index contributed by atoms with van der Waals surface area (Å²) in [6.07, 6.45) is -3.34. The van der Waals surface area contributed by atoms with E-state index in [1.807, 2.05) is 19.9 Å². The maximum absolute atomic E-state index is 13.3. The summed E-state index contributed by atoms with van der Waals surface area (Å²) >= 11 is 12.4. The first-order chi connectivity index (χ1) is 17.4. The number of alkyl halides is 3. The van der Waals surface area contributed by atoms with E-state index in [2.05, 4.69) is 16.8 Å². The summed E-state index contributed by atoms with van der Waals surface area (Å²) in [4.78, 5) is 1.43. The van der Waals surface area contributed by atoms with E-state index in [-0.39, 0.29) is 23.8 Å². The first-order valence-corrected chi connectivity index (χ1v) is 11.8. The van der Waals surface area contributed by atoms with Crippen LogP contribution in [0, 0.1) is 18.3 Å². The Bertz CT molecular complexity index is 1340. The second kappa shape index (κ2) is 12.7. The summed E-state index contributed by atoms with van der Waals surface area (Å²) in [6, 6.07) is 9.89. The molecule has 0 saturated carbocycles. The zero-order valence-corrected chi connectivity index (χ0v) is 22.4. The second-order valence-electron chi connectivity index (χ2n) is 7.71. The van der Waals surface area contributed by atoms with Crippen LogP contribution in [0.15, 0.2) is 53.1 Å². The molecule has 37 heavy (non-hydrogen) atoms. The van der Waals surface area contributed by atoms with E-state index in [1.165, 1.54) is 23.2 Å². The summed E-state index contributed by atoms with van der Waals surface area (Å²) in [5.41, 5.74) is 0.220. The van der Waals surface area contributed by atoms with Gasteiger partial charge >= 0.3 is 6.18 Å². The third kappa shape index (κ3) is 7.75. The van der Waals surface area contributed by atoms with Gasteiger partial charge < -0.3 is 14.1 Å². The van der Waals surface area contributed by atoms with Gasteiger partial charge in [-0.05, 0) is 42.3 Å². The Hall–Kier alpha value is -3.48. The van der Waals surface area contributed by atoms with Crippen LogP contribution in [0.3, 0.4) is 0 Å². The average Bonchev–Trinajstić information content (AvgIpc) is 3.30. The van der Waals surface area contributed by atoms with E-state index >= 15 is 0 Å². The fourth-order valence-electron chi connectivity index (χ4n) is 3.09. The maximum Gasteiger partial charge on any atom is 0.416 e. The highest BCUT2D eigenvalue weighted by molar-refractivity contribution is 6.32. The van der Waals surface area contributed by atoms with Gasteiger partial charge in [-0.15, -0.1) is 10.2 Å². The predicted molar refractivity (Wildman–Crippen MR) is 138 cm³/mol. The third-order valence-corrected chi connectivity index (χ3v) is 5.30. The number of nitrogens with zero attached hydrogens (tertiary/aromatic N) is 4. The molecular weight excluding hydrogens is 528 g/mol. The minimum Gasteiger partial charge on any atom is -0.455 e. The molecule has 196 valence electrons. The minimum atomic E-state index is -4.67. The van der Waals surface area contributed by atoms with Crippen LogP contribution >= 0.6 is 23.2 Å². The number of hydrogen-bond acceptors (Lipinski definition) is 6. The molecule has 0 radical (unpaired) electrons. The number of aromatic nitrogens is 2. The Morgan fingerprint density at radius 1 is 1.19 bits per heavy atom. The van der Waals surface area contributed by atoms with Crippen molar-refractivity contribution in [3.63, 3.8) is 0 Å². The standard InChI is InChI=1S/C24H19Cl2F3N4O2.C2H6/c1-13-16(5-6-20(26)22(13)34-18-8-15(11-30)7-17(25)10-18)9-21-31-32-23(35-21)19(12-33(3)4)14(2)24(27,28)29;1-2/h5-8,10,12H,2,9H2,1,3-4H3;1-2H3/b19-12+;. The first-order valence-electron chi connectivity index (χ1n) is 11.0. The highest BCUT2D eigenvalue weighted by Gasteiger charge is 2.36. The van der Waals surface area contributed by atoms with Gasteiger partial charge in [-0.1, -0.05) is 49.7 Å². The fraction of sp³-hybridized carbons (Fsp3) is 0.269. The smallest absolute Gasteiger partial charge is 0.416 e. The van der Waals surface area contributed by atoms with E-state index in [0.29, 0.717) is 38.2 Å². The lowest BCUT2D eigenvalue weighted by molar-refractivity contribution is -0.0869. The first kappa shape index (κ1) is 29.7. The largest absolute Gasteiger partial charge is 0.455 e. The normalized spacial score (nSPS) is 11.3. The monoisotopic (exact) mass is 552 g/mol. The summed E-state index contributed by atoms with van der Waals surface area (Å²) in [6.45, 7) is 8.89. The molecule has 0 atom stereocenters.